The molecule has 1 heterocycles. The zero-order valence-electron chi connectivity index (χ0n) is 9.87. The van der Waals surface area contributed by atoms with Crippen LogP contribution in [0.4, 0.5) is 0 Å². The molecular formula is C11H16N4O3. The molecule has 0 saturated heterocycles. The van der Waals surface area contributed by atoms with E-state index in [-0.39, 0.29) is 5.69 Å². The third-order valence-corrected chi connectivity index (χ3v) is 2.36. The van der Waals surface area contributed by atoms with Crippen molar-refractivity contribution in [1.82, 2.24) is 15.3 Å². The summed E-state index contributed by atoms with van der Waals surface area (Å²) in [4.78, 5) is 30.1. The first kappa shape index (κ1) is 14.0. The van der Waals surface area contributed by atoms with Crippen LogP contribution in [0.5, 0.6) is 0 Å². The molecule has 1 rings (SSSR count). The number of amides is 1. The van der Waals surface area contributed by atoms with Crippen molar-refractivity contribution < 1.29 is 14.7 Å². The molecule has 4 N–H and O–H groups in total. The molecule has 0 fully saturated rings. The number of carbonyl (C=O) groups excluding carboxylic acids is 1. The molecule has 7 heteroatoms. The Morgan fingerprint density at radius 1 is 1.44 bits per heavy atom. The minimum Gasteiger partial charge on any atom is -0.480 e. The van der Waals surface area contributed by atoms with Crippen molar-refractivity contribution in [3.05, 3.63) is 24.3 Å². The second-order valence-electron chi connectivity index (χ2n) is 3.74. The summed E-state index contributed by atoms with van der Waals surface area (Å²) in [6.45, 7) is 0.506. The lowest BCUT2D eigenvalue weighted by atomic mass is 10.1. The Morgan fingerprint density at radius 2 is 2.22 bits per heavy atom. The first-order chi connectivity index (χ1) is 8.65. The van der Waals surface area contributed by atoms with Gasteiger partial charge in [-0.3, -0.25) is 4.79 Å². The lowest BCUT2D eigenvalue weighted by molar-refractivity contribution is -0.139. The molecule has 0 unspecified atom stereocenters. The SMILES string of the molecule is NCCCC[C@H](NC(=O)c1ccncn1)C(=O)O. The number of nitrogens with zero attached hydrogens (tertiary/aromatic N) is 2. The second kappa shape index (κ2) is 7.33. The highest BCUT2D eigenvalue weighted by Crippen LogP contribution is 2.02. The normalized spacial score (nSPS) is 11.8. The van der Waals surface area contributed by atoms with Crippen LogP contribution < -0.4 is 11.1 Å². The zero-order chi connectivity index (χ0) is 13.4. The van der Waals surface area contributed by atoms with Crippen molar-refractivity contribution in [2.24, 2.45) is 5.73 Å². The van der Waals surface area contributed by atoms with Gasteiger partial charge in [-0.25, -0.2) is 14.8 Å². The number of aromatic nitrogens is 2. The first-order valence-corrected chi connectivity index (χ1v) is 5.65. The number of hydrogen-bond acceptors (Lipinski definition) is 5. The smallest absolute Gasteiger partial charge is 0.326 e. The molecule has 7 nitrogen and oxygen atoms in total. The third kappa shape index (κ3) is 4.46. The van der Waals surface area contributed by atoms with Crippen LogP contribution in [0.1, 0.15) is 29.8 Å². The molecule has 1 amide bonds. The van der Waals surface area contributed by atoms with Gasteiger partial charge in [0.25, 0.3) is 5.91 Å². The minimum atomic E-state index is -1.06. The number of carboxylic acid groups (broad SMARTS) is 1. The van der Waals surface area contributed by atoms with E-state index in [1.807, 2.05) is 0 Å². The van der Waals surface area contributed by atoms with Crippen molar-refractivity contribution in [3.8, 4) is 0 Å². The van der Waals surface area contributed by atoms with Gasteiger partial charge in [0.05, 0.1) is 0 Å². The molecule has 0 spiro atoms. The van der Waals surface area contributed by atoms with E-state index in [0.717, 1.165) is 6.42 Å². The molecule has 0 aliphatic carbocycles. The van der Waals surface area contributed by atoms with E-state index >= 15 is 0 Å². The van der Waals surface area contributed by atoms with Crippen LogP contribution in [-0.4, -0.2) is 39.5 Å². The maximum Gasteiger partial charge on any atom is 0.326 e. The summed E-state index contributed by atoms with van der Waals surface area (Å²) in [5.74, 6) is -1.58. The van der Waals surface area contributed by atoms with Gasteiger partial charge in [-0.15, -0.1) is 0 Å². The van der Waals surface area contributed by atoms with Crippen LogP contribution in [0.3, 0.4) is 0 Å². The molecule has 0 saturated carbocycles. The van der Waals surface area contributed by atoms with Gasteiger partial charge in [0.2, 0.25) is 0 Å². The van der Waals surface area contributed by atoms with Crippen molar-refractivity contribution in [2.75, 3.05) is 6.54 Å². The van der Waals surface area contributed by atoms with E-state index in [2.05, 4.69) is 15.3 Å². The fourth-order valence-electron chi connectivity index (χ4n) is 1.41. The number of nitrogens with two attached hydrogens (primary N) is 1. The third-order valence-electron chi connectivity index (χ3n) is 2.36. The number of unbranched alkanes of at least 4 members (excludes halogenated alkanes) is 1. The molecule has 0 bridgehead atoms. The Kier molecular flexibility index (Phi) is 5.72. The molecule has 1 aromatic heterocycles. The largest absolute Gasteiger partial charge is 0.480 e. The van der Waals surface area contributed by atoms with E-state index in [9.17, 15) is 9.59 Å². The Bertz CT molecular complexity index is 397. The minimum absolute atomic E-state index is 0.148. The number of aliphatic carboxylic acids is 1. The molecule has 1 atom stereocenters. The highest BCUT2D eigenvalue weighted by atomic mass is 16.4. The summed E-state index contributed by atoms with van der Waals surface area (Å²) < 4.78 is 0. The summed E-state index contributed by atoms with van der Waals surface area (Å²) in [5.41, 5.74) is 5.48. The van der Waals surface area contributed by atoms with Crippen molar-refractivity contribution in [1.29, 1.82) is 0 Å². The van der Waals surface area contributed by atoms with Gasteiger partial charge in [0.15, 0.2) is 0 Å². The summed E-state index contributed by atoms with van der Waals surface area (Å²) >= 11 is 0. The molecule has 1 aromatic rings. The van der Waals surface area contributed by atoms with E-state index < -0.39 is 17.9 Å². The molecular weight excluding hydrogens is 236 g/mol. The Balaban J connectivity index is 2.55. The van der Waals surface area contributed by atoms with E-state index in [0.29, 0.717) is 19.4 Å². The predicted molar refractivity (Wildman–Crippen MR) is 63.8 cm³/mol. The van der Waals surface area contributed by atoms with E-state index in [1.54, 1.807) is 0 Å². The monoisotopic (exact) mass is 252 g/mol. The standard InChI is InChI=1S/C11H16N4O3/c12-5-2-1-3-9(11(17)18)15-10(16)8-4-6-13-7-14-8/h4,6-7,9H,1-3,5,12H2,(H,15,16)(H,17,18)/t9-/m0/s1. The fraction of sp³-hybridized carbons (Fsp3) is 0.455. The highest BCUT2D eigenvalue weighted by Gasteiger charge is 2.20. The van der Waals surface area contributed by atoms with E-state index in [4.69, 9.17) is 10.8 Å². The number of nitrogens with one attached hydrogen (secondary N) is 1. The highest BCUT2D eigenvalue weighted by molar-refractivity contribution is 5.94. The van der Waals surface area contributed by atoms with E-state index in [1.165, 1.54) is 18.6 Å². The molecule has 0 radical (unpaired) electrons. The summed E-state index contributed by atoms with van der Waals surface area (Å²) in [6, 6.07) is 0.507. The first-order valence-electron chi connectivity index (χ1n) is 5.65. The molecule has 18 heavy (non-hydrogen) atoms. The van der Waals surface area contributed by atoms with Crippen molar-refractivity contribution >= 4 is 11.9 Å². The molecule has 0 aliphatic rings. The van der Waals surface area contributed by atoms with Crippen LogP contribution in [0.15, 0.2) is 18.6 Å². The quantitative estimate of drug-likeness (QED) is 0.578. The lowest BCUT2D eigenvalue weighted by Crippen LogP contribution is -2.41. The van der Waals surface area contributed by atoms with Crippen LogP contribution in [0, 0.1) is 0 Å². The number of carboxylic acids is 1. The molecule has 98 valence electrons. The van der Waals surface area contributed by atoms with Gasteiger partial charge in [-0.05, 0) is 31.9 Å². The van der Waals surface area contributed by atoms with Gasteiger partial charge in [-0.1, -0.05) is 0 Å². The van der Waals surface area contributed by atoms with Crippen LogP contribution in [0.25, 0.3) is 0 Å². The van der Waals surface area contributed by atoms with Gasteiger partial charge < -0.3 is 16.2 Å². The average molecular weight is 252 g/mol. The molecule has 0 aromatic carbocycles. The average Bonchev–Trinajstić information content (AvgIpc) is 2.38. The van der Waals surface area contributed by atoms with Gasteiger partial charge in [0, 0.05) is 6.20 Å². The number of rotatable bonds is 7. The van der Waals surface area contributed by atoms with Crippen LogP contribution >= 0.6 is 0 Å². The van der Waals surface area contributed by atoms with Crippen LogP contribution in [0.2, 0.25) is 0 Å². The maximum absolute atomic E-state index is 11.7. The number of hydrogen-bond donors (Lipinski definition) is 3. The summed E-state index contributed by atoms with van der Waals surface area (Å²) in [7, 11) is 0. The van der Waals surface area contributed by atoms with Crippen molar-refractivity contribution in [2.45, 2.75) is 25.3 Å². The Labute approximate surface area is 104 Å². The Hall–Kier alpha value is -2.02. The topological polar surface area (TPSA) is 118 Å². The maximum atomic E-state index is 11.7. The van der Waals surface area contributed by atoms with Gasteiger partial charge in [-0.2, -0.15) is 0 Å². The number of carbonyl (C=O) groups is 2. The second-order valence-corrected chi connectivity index (χ2v) is 3.74. The van der Waals surface area contributed by atoms with Gasteiger partial charge >= 0.3 is 5.97 Å². The fourth-order valence-corrected chi connectivity index (χ4v) is 1.41. The molecule has 0 aliphatic heterocycles. The van der Waals surface area contributed by atoms with Gasteiger partial charge in [0.1, 0.15) is 18.1 Å². The zero-order valence-corrected chi connectivity index (χ0v) is 9.87. The lowest BCUT2D eigenvalue weighted by Gasteiger charge is -2.13. The summed E-state index contributed by atoms with van der Waals surface area (Å²) in [5, 5.41) is 11.4. The van der Waals surface area contributed by atoms with Crippen molar-refractivity contribution in [3.63, 3.8) is 0 Å². The summed E-state index contributed by atoms with van der Waals surface area (Å²) in [6.07, 6.45) is 4.39. The van der Waals surface area contributed by atoms with Crippen LogP contribution in [-0.2, 0) is 4.79 Å². The Morgan fingerprint density at radius 3 is 2.78 bits per heavy atom. The predicted octanol–water partition coefficient (Wildman–Crippen LogP) is -0.211.